The zero-order chi connectivity index (χ0) is 43.3. The van der Waals surface area contributed by atoms with E-state index in [9.17, 15) is 0 Å². The minimum absolute atomic E-state index is 0.574. The Bertz CT molecular complexity index is 4190. The summed E-state index contributed by atoms with van der Waals surface area (Å²) in [5.41, 5.74) is 9.69. The third kappa shape index (κ3) is 5.84. The molecule has 14 aromatic rings. The lowest BCUT2D eigenvalue weighted by atomic mass is 10.0. The first-order chi connectivity index (χ1) is 32.6. The number of fused-ring (bicyclic) bond motifs is 10. The second-order valence-electron chi connectivity index (χ2n) is 17.2. The molecule has 0 saturated carbocycles. The van der Waals surface area contributed by atoms with Gasteiger partial charge in [-0.05, 0) is 109 Å². The number of benzene rings is 11. The van der Waals surface area contributed by atoms with Crippen molar-refractivity contribution in [2.24, 2.45) is 0 Å². The monoisotopic (exact) mass is 840 g/mol. The summed E-state index contributed by atoms with van der Waals surface area (Å²) in [5, 5.41) is 13.7. The summed E-state index contributed by atoms with van der Waals surface area (Å²) in [7, 11) is 0. The zero-order valence-corrected chi connectivity index (χ0v) is 35.5. The molecule has 0 radical (unpaired) electrons. The smallest absolute Gasteiger partial charge is 0.164 e. The molecule has 0 aliphatic rings. The van der Waals surface area contributed by atoms with Crippen LogP contribution in [-0.2, 0) is 0 Å². The Hall–Kier alpha value is -8.93. The van der Waals surface area contributed by atoms with Gasteiger partial charge in [0.2, 0.25) is 0 Å². The normalized spacial score (nSPS) is 11.9. The minimum Gasteiger partial charge on any atom is -0.454 e. The van der Waals surface area contributed by atoms with Crippen molar-refractivity contribution < 1.29 is 4.42 Å². The van der Waals surface area contributed by atoms with E-state index in [4.69, 9.17) is 19.4 Å². The van der Waals surface area contributed by atoms with E-state index < -0.39 is 0 Å². The Balaban J connectivity index is 1.08. The quantitative estimate of drug-likeness (QED) is 0.173. The number of nitrogens with zero attached hydrogens (tertiary/aromatic N) is 4. The SMILES string of the molecule is c1ccc(-c2ccc(-c3nc(-c4ccc5ccccc5c4)nc(-c4cc(-n5c6cc7ccccc7cc6c6cc7ccccc7cc65)c5oc6cc7ccccc7cc6c5c4)n3)cc2)cc1. The molecule has 5 nitrogen and oxygen atoms in total. The van der Waals surface area contributed by atoms with Crippen molar-refractivity contribution in [2.75, 3.05) is 0 Å². The molecule has 66 heavy (non-hydrogen) atoms. The van der Waals surface area contributed by atoms with Crippen LogP contribution in [0.3, 0.4) is 0 Å². The standard InChI is InChI=1S/C61H36N4O/c1-2-12-37(13-3-1)39-22-25-40(26-23-39)59-62-60(48-27-24-38-14-4-5-15-41(38)28-48)64-61(63-59)49-32-53-52-31-44-18-8-11-21-47(44)36-57(52)66-58(53)56(35-49)65-54-33-45-19-9-6-16-42(45)29-50(54)51-30-43-17-7-10-20-46(43)34-55(51)65/h1-36H. The van der Waals surface area contributed by atoms with E-state index in [1.807, 2.05) is 6.07 Å². The Kier molecular flexibility index (Phi) is 7.91. The fraction of sp³-hybridized carbons (Fsp3) is 0. The number of hydrogen-bond acceptors (Lipinski definition) is 4. The molecule has 14 rings (SSSR count). The molecule has 0 spiro atoms. The van der Waals surface area contributed by atoms with Crippen LogP contribution >= 0.6 is 0 Å². The highest BCUT2D eigenvalue weighted by Crippen LogP contribution is 2.43. The molecule has 0 fully saturated rings. The third-order valence-electron chi connectivity index (χ3n) is 13.3. The molecule has 0 bridgehead atoms. The first-order valence-corrected chi connectivity index (χ1v) is 22.3. The lowest BCUT2D eigenvalue weighted by Gasteiger charge is -2.13. The number of furan rings is 1. The van der Waals surface area contributed by atoms with Crippen molar-refractivity contribution in [3.8, 4) is 51.0 Å². The van der Waals surface area contributed by atoms with Crippen molar-refractivity contribution in [3.63, 3.8) is 0 Å². The number of rotatable bonds is 5. The van der Waals surface area contributed by atoms with Crippen molar-refractivity contribution in [1.82, 2.24) is 19.5 Å². The van der Waals surface area contributed by atoms with Gasteiger partial charge in [0, 0.05) is 38.2 Å². The van der Waals surface area contributed by atoms with E-state index in [0.717, 1.165) is 88.0 Å². The summed E-state index contributed by atoms with van der Waals surface area (Å²) < 4.78 is 9.47. The van der Waals surface area contributed by atoms with Gasteiger partial charge >= 0.3 is 0 Å². The van der Waals surface area contributed by atoms with Gasteiger partial charge in [-0.3, -0.25) is 0 Å². The number of aromatic nitrogens is 4. The summed E-state index contributed by atoms with van der Waals surface area (Å²) in [6, 6.07) is 77.6. The van der Waals surface area contributed by atoms with Gasteiger partial charge in [0.05, 0.1) is 16.7 Å². The summed E-state index contributed by atoms with van der Waals surface area (Å²) in [6.07, 6.45) is 0. The minimum atomic E-state index is 0.574. The molecule has 0 saturated heterocycles. The van der Waals surface area contributed by atoms with Gasteiger partial charge in [0.1, 0.15) is 5.58 Å². The van der Waals surface area contributed by atoms with Gasteiger partial charge in [-0.25, -0.2) is 15.0 Å². The lowest BCUT2D eigenvalue weighted by Crippen LogP contribution is -2.01. The van der Waals surface area contributed by atoms with Gasteiger partial charge in [-0.15, -0.1) is 0 Å². The van der Waals surface area contributed by atoms with Crippen LogP contribution in [0.1, 0.15) is 0 Å². The highest BCUT2D eigenvalue weighted by Gasteiger charge is 2.23. The van der Waals surface area contributed by atoms with Crippen LogP contribution in [0.15, 0.2) is 223 Å². The molecular weight excluding hydrogens is 805 g/mol. The molecule has 3 aromatic heterocycles. The van der Waals surface area contributed by atoms with Crippen LogP contribution < -0.4 is 0 Å². The Labute approximate surface area is 378 Å². The van der Waals surface area contributed by atoms with Crippen LogP contribution in [0.4, 0.5) is 0 Å². The van der Waals surface area contributed by atoms with Crippen molar-refractivity contribution >= 4 is 86.8 Å². The molecule has 5 heteroatoms. The van der Waals surface area contributed by atoms with Crippen LogP contribution in [0.2, 0.25) is 0 Å². The summed E-state index contributed by atoms with van der Waals surface area (Å²) in [5.74, 6) is 1.78. The van der Waals surface area contributed by atoms with Crippen LogP contribution in [0, 0.1) is 0 Å². The van der Waals surface area contributed by atoms with Crippen molar-refractivity contribution in [2.45, 2.75) is 0 Å². The van der Waals surface area contributed by atoms with Gasteiger partial charge in [-0.2, -0.15) is 0 Å². The molecule has 0 amide bonds. The average Bonchev–Trinajstić information content (AvgIpc) is 3.89. The Morgan fingerprint density at radius 2 is 0.727 bits per heavy atom. The van der Waals surface area contributed by atoms with E-state index >= 15 is 0 Å². The second-order valence-corrected chi connectivity index (χ2v) is 17.2. The largest absolute Gasteiger partial charge is 0.454 e. The molecular formula is C61H36N4O. The zero-order valence-electron chi connectivity index (χ0n) is 35.5. The molecule has 0 aliphatic carbocycles. The predicted octanol–water partition coefficient (Wildman–Crippen LogP) is 16.1. The van der Waals surface area contributed by atoms with Crippen LogP contribution in [-0.4, -0.2) is 19.5 Å². The summed E-state index contributed by atoms with van der Waals surface area (Å²) in [6.45, 7) is 0. The maximum atomic E-state index is 7.08. The molecule has 3 heterocycles. The van der Waals surface area contributed by atoms with Gasteiger partial charge in [-0.1, -0.05) is 164 Å². The fourth-order valence-corrected chi connectivity index (χ4v) is 10.0. The van der Waals surface area contributed by atoms with Crippen molar-refractivity contribution in [3.05, 3.63) is 218 Å². The molecule has 0 N–H and O–H groups in total. The molecule has 306 valence electrons. The van der Waals surface area contributed by atoms with E-state index in [1.165, 1.54) is 32.3 Å². The molecule has 11 aromatic carbocycles. The van der Waals surface area contributed by atoms with Gasteiger partial charge < -0.3 is 8.98 Å². The van der Waals surface area contributed by atoms with Crippen molar-refractivity contribution in [1.29, 1.82) is 0 Å². The van der Waals surface area contributed by atoms with E-state index in [0.29, 0.717) is 17.5 Å². The first kappa shape index (κ1) is 36.5. The molecule has 0 aliphatic heterocycles. The number of hydrogen-bond donors (Lipinski definition) is 0. The van der Waals surface area contributed by atoms with Gasteiger partial charge in [0.15, 0.2) is 23.1 Å². The Morgan fingerprint density at radius 3 is 1.33 bits per heavy atom. The maximum absolute atomic E-state index is 7.08. The molecule has 0 atom stereocenters. The van der Waals surface area contributed by atoms with Crippen LogP contribution in [0.25, 0.3) is 138 Å². The van der Waals surface area contributed by atoms with E-state index in [1.54, 1.807) is 0 Å². The van der Waals surface area contributed by atoms with E-state index in [2.05, 4.69) is 217 Å². The molecule has 0 unspecified atom stereocenters. The fourth-order valence-electron chi connectivity index (χ4n) is 10.0. The maximum Gasteiger partial charge on any atom is 0.164 e. The highest BCUT2D eigenvalue weighted by molar-refractivity contribution is 6.19. The lowest BCUT2D eigenvalue weighted by molar-refractivity contribution is 0.667. The summed E-state index contributed by atoms with van der Waals surface area (Å²) in [4.78, 5) is 15.9. The third-order valence-corrected chi connectivity index (χ3v) is 13.3. The Morgan fingerprint density at radius 1 is 0.288 bits per heavy atom. The summed E-state index contributed by atoms with van der Waals surface area (Å²) >= 11 is 0. The van der Waals surface area contributed by atoms with E-state index in [-0.39, 0.29) is 0 Å². The predicted molar refractivity (Wildman–Crippen MR) is 273 cm³/mol. The topological polar surface area (TPSA) is 56.7 Å². The van der Waals surface area contributed by atoms with Crippen LogP contribution in [0.5, 0.6) is 0 Å². The average molecular weight is 841 g/mol. The second kappa shape index (κ2) is 14.3. The first-order valence-electron chi connectivity index (χ1n) is 22.3. The van der Waals surface area contributed by atoms with Gasteiger partial charge in [0.25, 0.3) is 0 Å². The highest BCUT2D eigenvalue weighted by atomic mass is 16.3.